The van der Waals surface area contributed by atoms with Gasteiger partial charge >= 0.3 is 0 Å². The number of carbonyl (C=O) groups excluding carboxylic acids is 1. The second-order valence-corrected chi connectivity index (χ2v) is 7.07. The number of rotatable bonds is 8. The monoisotopic (exact) mass is 403 g/mol. The van der Waals surface area contributed by atoms with E-state index in [9.17, 15) is 9.90 Å². The predicted octanol–water partition coefficient (Wildman–Crippen LogP) is 4.47. The summed E-state index contributed by atoms with van der Waals surface area (Å²) in [7, 11) is 0. The summed E-state index contributed by atoms with van der Waals surface area (Å²) in [5.41, 5.74) is 0.673. The lowest BCUT2D eigenvalue weighted by Crippen LogP contribution is -2.25. The van der Waals surface area contributed by atoms with Crippen LogP contribution in [0.5, 0.6) is 11.5 Å². The molecule has 0 saturated heterocycles. The minimum atomic E-state index is -0.779. The Bertz CT molecular complexity index is 851. The van der Waals surface area contributed by atoms with E-state index in [4.69, 9.17) is 21.1 Å². The number of halogens is 1. The molecule has 1 amide bonds. The molecule has 3 aromatic rings. The molecule has 0 spiro atoms. The lowest BCUT2D eigenvalue weighted by atomic mass is 10.3. The van der Waals surface area contributed by atoms with Crippen molar-refractivity contribution in [3.05, 3.63) is 75.9 Å². The summed E-state index contributed by atoms with van der Waals surface area (Å²) in [6.45, 7) is 0.199. The first kappa shape index (κ1) is 19.2. The number of aliphatic hydroxyl groups excluding tert-OH is 1. The van der Waals surface area contributed by atoms with Gasteiger partial charge in [-0.1, -0.05) is 17.7 Å². The van der Waals surface area contributed by atoms with Crippen LogP contribution in [0.15, 0.2) is 66.0 Å². The molecule has 27 heavy (non-hydrogen) atoms. The summed E-state index contributed by atoms with van der Waals surface area (Å²) in [5.74, 6) is 1.08. The van der Waals surface area contributed by atoms with Crippen LogP contribution >= 0.6 is 22.9 Å². The van der Waals surface area contributed by atoms with Gasteiger partial charge in [0.15, 0.2) is 0 Å². The van der Waals surface area contributed by atoms with Gasteiger partial charge < -0.3 is 19.9 Å². The van der Waals surface area contributed by atoms with E-state index in [0.717, 1.165) is 0 Å². The van der Waals surface area contributed by atoms with Gasteiger partial charge in [0.2, 0.25) is 0 Å². The molecule has 140 valence electrons. The van der Waals surface area contributed by atoms with Gasteiger partial charge in [-0.25, -0.2) is 0 Å². The van der Waals surface area contributed by atoms with E-state index >= 15 is 0 Å². The first-order valence-electron chi connectivity index (χ1n) is 8.24. The summed E-state index contributed by atoms with van der Waals surface area (Å²) < 4.78 is 11.0. The number of hydrogen-bond donors (Lipinski definition) is 2. The Morgan fingerprint density at radius 2 is 1.59 bits per heavy atom. The fraction of sp³-hybridized carbons (Fsp3) is 0.150. The third kappa shape index (κ3) is 5.99. The van der Waals surface area contributed by atoms with Gasteiger partial charge in [0, 0.05) is 10.7 Å². The summed E-state index contributed by atoms with van der Waals surface area (Å²) in [6.07, 6.45) is -0.779. The fourth-order valence-corrected chi connectivity index (χ4v) is 2.94. The smallest absolute Gasteiger partial charge is 0.265 e. The largest absolute Gasteiger partial charge is 0.491 e. The molecular formula is C20H18ClNO4S. The molecule has 0 radical (unpaired) electrons. The van der Waals surface area contributed by atoms with Crippen LogP contribution in [-0.4, -0.2) is 30.3 Å². The maximum atomic E-state index is 12.0. The number of nitrogens with one attached hydrogen (secondary N) is 1. The van der Waals surface area contributed by atoms with Gasteiger partial charge in [0.25, 0.3) is 5.91 Å². The Balaban J connectivity index is 1.42. The van der Waals surface area contributed by atoms with Crippen molar-refractivity contribution in [3.8, 4) is 11.5 Å². The number of carbonyl (C=O) groups is 1. The van der Waals surface area contributed by atoms with E-state index in [0.29, 0.717) is 27.1 Å². The van der Waals surface area contributed by atoms with Gasteiger partial charge in [-0.2, -0.15) is 0 Å². The Hall–Kier alpha value is -2.54. The molecule has 5 nitrogen and oxygen atoms in total. The summed E-state index contributed by atoms with van der Waals surface area (Å²) >= 11 is 7.19. The molecule has 2 aromatic carbocycles. The Morgan fingerprint density at radius 3 is 2.15 bits per heavy atom. The van der Waals surface area contributed by atoms with Crippen LogP contribution < -0.4 is 14.8 Å². The molecule has 1 unspecified atom stereocenters. The second-order valence-electron chi connectivity index (χ2n) is 5.69. The SMILES string of the molecule is O=C(Nc1ccc(OCC(O)COc2ccc(Cl)cc2)cc1)c1cccs1. The van der Waals surface area contributed by atoms with Crippen molar-refractivity contribution in [2.75, 3.05) is 18.5 Å². The number of ether oxygens (including phenoxy) is 2. The maximum Gasteiger partial charge on any atom is 0.265 e. The van der Waals surface area contributed by atoms with E-state index in [1.54, 1.807) is 54.6 Å². The first-order chi connectivity index (χ1) is 13.1. The number of amides is 1. The number of benzene rings is 2. The first-order valence-corrected chi connectivity index (χ1v) is 9.50. The molecule has 0 bridgehead atoms. The average Bonchev–Trinajstić information content (AvgIpc) is 3.22. The highest BCUT2D eigenvalue weighted by molar-refractivity contribution is 7.12. The predicted molar refractivity (Wildman–Crippen MR) is 107 cm³/mol. The summed E-state index contributed by atoms with van der Waals surface area (Å²) in [6, 6.07) is 17.5. The van der Waals surface area contributed by atoms with Gasteiger partial charge in [-0.15, -0.1) is 11.3 Å². The zero-order valence-corrected chi connectivity index (χ0v) is 15.9. The van der Waals surface area contributed by atoms with E-state index in [1.165, 1.54) is 11.3 Å². The lowest BCUT2D eigenvalue weighted by molar-refractivity contribution is 0.0626. The van der Waals surface area contributed by atoms with Crippen molar-refractivity contribution in [2.24, 2.45) is 0 Å². The molecule has 1 aromatic heterocycles. The van der Waals surface area contributed by atoms with Crippen LogP contribution in [0.2, 0.25) is 5.02 Å². The highest BCUT2D eigenvalue weighted by Crippen LogP contribution is 2.18. The lowest BCUT2D eigenvalue weighted by Gasteiger charge is -2.14. The van der Waals surface area contributed by atoms with Crippen molar-refractivity contribution in [1.82, 2.24) is 0 Å². The van der Waals surface area contributed by atoms with Crippen LogP contribution in [0.1, 0.15) is 9.67 Å². The highest BCUT2D eigenvalue weighted by Gasteiger charge is 2.09. The molecular weight excluding hydrogens is 386 g/mol. The van der Waals surface area contributed by atoms with Crippen molar-refractivity contribution >= 4 is 34.5 Å². The Morgan fingerprint density at radius 1 is 1.00 bits per heavy atom. The van der Waals surface area contributed by atoms with Crippen LogP contribution in [0, 0.1) is 0 Å². The summed E-state index contributed by atoms with van der Waals surface area (Å²) in [5, 5.41) is 15.3. The number of anilines is 1. The zero-order valence-electron chi connectivity index (χ0n) is 14.3. The molecule has 1 heterocycles. The molecule has 1 atom stereocenters. The maximum absolute atomic E-state index is 12.0. The van der Waals surface area contributed by atoms with Crippen molar-refractivity contribution in [3.63, 3.8) is 0 Å². The van der Waals surface area contributed by atoms with E-state index in [-0.39, 0.29) is 19.1 Å². The minimum Gasteiger partial charge on any atom is -0.491 e. The number of hydrogen-bond acceptors (Lipinski definition) is 5. The van der Waals surface area contributed by atoms with Gasteiger partial charge in [-0.05, 0) is 60.0 Å². The Kier molecular flexibility index (Phi) is 6.70. The van der Waals surface area contributed by atoms with Crippen LogP contribution in [-0.2, 0) is 0 Å². The molecule has 0 saturated carbocycles. The molecule has 0 fully saturated rings. The number of thiophene rings is 1. The molecule has 3 rings (SSSR count). The molecule has 2 N–H and O–H groups in total. The average molecular weight is 404 g/mol. The standard InChI is InChI=1S/C20H18ClNO4S/c21-14-3-7-17(8-4-14)25-12-16(23)13-26-18-9-5-15(6-10-18)22-20(24)19-2-1-11-27-19/h1-11,16,23H,12-13H2,(H,22,24). The minimum absolute atomic E-state index is 0.0918. The molecule has 0 aliphatic rings. The molecule has 0 aliphatic carbocycles. The summed E-state index contributed by atoms with van der Waals surface area (Å²) in [4.78, 5) is 12.6. The van der Waals surface area contributed by atoms with Crippen molar-refractivity contribution in [2.45, 2.75) is 6.10 Å². The molecule has 7 heteroatoms. The van der Waals surface area contributed by atoms with Crippen LogP contribution in [0.4, 0.5) is 5.69 Å². The van der Waals surface area contributed by atoms with E-state index in [1.807, 2.05) is 11.4 Å². The van der Waals surface area contributed by atoms with Crippen LogP contribution in [0.3, 0.4) is 0 Å². The van der Waals surface area contributed by atoms with Crippen LogP contribution in [0.25, 0.3) is 0 Å². The normalized spacial score (nSPS) is 11.6. The molecule has 0 aliphatic heterocycles. The van der Waals surface area contributed by atoms with Gasteiger partial charge in [0.1, 0.15) is 30.8 Å². The van der Waals surface area contributed by atoms with Crippen molar-refractivity contribution in [1.29, 1.82) is 0 Å². The quantitative estimate of drug-likeness (QED) is 0.582. The zero-order chi connectivity index (χ0) is 19.1. The third-order valence-corrected chi connectivity index (χ3v) is 4.68. The van der Waals surface area contributed by atoms with Gasteiger partial charge in [-0.3, -0.25) is 4.79 Å². The Labute approximate surface area is 166 Å². The third-order valence-electron chi connectivity index (χ3n) is 3.56. The fourth-order valence-electron chi connectivity index (χ4n) is 2.20. The highest BCUT2D eigenvalue weighted by atomic mass is 35.5. The number of aliphatic hydroxyl groups is 1. The van der Waals surface area contributed by atoms with E-state index in [2.05, 4.69) is 5.32 Å². The van der Waals surface area contributed by atoms with Crippen molar-refractivity contribution < 1.29 is 19.4 Å². The topological polar surface area (TPSA) is 67.8 Å². The van der Waals surface area contributed by atoms with Gasteiger partial charge in [0.05, 0.1) is 4.88 Å². The van der Waals surface area contributed by atoms with E-state index < -0.39 is 6.10 Å². The second kappa shape index (κ2) is 9.41.